The summed E-state index contributed by atoms with van der Waals surface area (Å²) >= 11 is 0. The highest BCUT2D eigenvalue weighted by Crippen LogP contribution is 2.25. The van der Waals surface area contributed by atoms with E-state index in [9.17, 15) is 4.79 Å². The van der Waals surface area contributed by atoms with Crippen LogP contribution in [-0.4, -0.2) is 32.7 Å². The van der Waals surface area contributed by atoms with E-state index in [-0.39, 0.29) is 18.0 Å². The Hall–Kier alpha value is -3.03. The second-order valence-electron chi connectivity index (χ2n) is 4.77. The van der Waals surface area contributed by atoms with Crippen LogP contribution in [0.3, 0.4) is 0 Å². The first kappa shape index (κ1) is 14.9. The van der Waals surface area contributed by atoms with E-state index < -0.39 is 5.97 Å². The zero-order chi connectivity index (χ0) is 16.2. The lowest BCUT2D eigenvalue weighted by molar-refractivity contribution is 0.0517. The lowest BCUT2D eigenvalue weighted by Crippen LogP contribution is -2.08. The minimum absolute atomic E-state index is 0.0653. The van der Waals surface area contributed by atoms with Gasteiger partial charge in [0, 0.05) is 18.9 Å². The van der Waals surface area contributed by atoms with Gasteiger partial charge in [-0.1, -0.05) is 11.2 Å². The van der Waals surface area contributed by atoms with E-state index in [0.29, 0.717) is 23.6 Å². The third-order valence-corrected chi connectivity index (χ3v) is 3.10. The number of carbonyl (C=O) groups is 1. The van der Waals surface area contributed by atoms with Crippen LogP contribution in [-0.2, 0) is 11.3 Å². The van der Waals surface area contributed by atoms with Crippen molar-refractivity contribution >= 4 is 22.9 Å². The molecule has 3 heterocycles. The molecule has 23 heavy (non-hydrogen) atoms. The minimum atomic E-state index is -0.567. The van der Waals surface area contributed by atoms with Gasteiger partial charge in [0.15, 0.2) is 0 Å². The normalized spacial score (nSPS) is 10.7. The number of nitrogens with zero attached hydrogens (tertiary/aromatic N) is 4. The van der Waals surface area contributed by atoms with Gasteiger partial charge >= 0.3 is 5.97 Å². The summed E-state index contributed by atoms with van der Waals surface area (Å²) in [5.74, 6) is 0.418. The van der Waals surface area contributed by atoms with E-state index in [2.05, 4.69) is 25.4 Å². The molecule has 0 saturated carbocycles. The van der Waals surface area contributed by atoms with E-state index in [4.69, 9.17) is 9.26 Å². The summed E-state index contributed by atoms with van der Waals surface area (Å²) < 4.78 is 10.1. The Morgan fingerprint density at radius 1 is 1.39 bits per heavy atom. The Labute approximate surface area is 131 Å². The number of aryl methyl sites for hydroxylation is 1. The van der Waals surface area contributed by atoms with Gasteiger partial charge in [-0.05, 0) is 25.5 Å². The smallest absolute Gasteiger partial charge is 0.361 e. The SMILES string of the molecule is CCOC(=O)c1noc2nc(C)nc(NCc3cccnc3)c12. The highest BCUT2D eigenvalue weighted by Gasteiger charge is 2.22. The van der Waals surface area contributed by atoms with E-state index in [0.717, 1.165) is 5.56 Å². The predicted octanol–water partition coefficient (Wildman–Crippen LogP) is 2.11. The number of hydrogen-bond acceptors (Lipinski definition) is 8. The molecule has 0 bridgehead atoms. The van der Waals surface area contributed by atoms with Crippen LogP contribution in [0, 0.1) is 6.92 Å². The monoisotopic (exact) mass is 313 g/mol. The summed E-state index contributed by atoms with van der Waals surface area (Å²) in [7, 11) is 0. The first-order chi connectivity index (χ1) is 11.2. The lowest BCUT2D eigenvalue weighted by atomic mass is 10.2. The number of pyridine rings is 1. The van der Waals surface area contributed by atoms with Gasteiger partial charge in [0.25, 0.3) is 5.71 Å². The van der Waals surface area contributed by atoms with Gasteiger partial charge in [0.05, 0.1) is 6.61 Å². The van der Waals surface area contributed by atoms with Gasteiger partial charge in [-0.25, -0.2) is 9.78 Å². The van der Waals surface area contributed by atoms with Crippen LogP contribution in [0.5, 0.6) is 0 Å². The molecule has 0 unspecified atom stereocenters. The molecule has 0 aromatic carbocycles. The second kappa shape index (κ2) is 6.39. The second-order valence-corrected chi connectivity index (χ2v) is 4.77. The third kappa shape index (κ3) is 3.10. The van der Waals surface area contributed by atoms with Gasteiger partial charge in [0.2, 0.25) is 5.69 Å². The van der Waals surface area contributed by atoms with Crippen LogP contribution in [0.1, 0.15) is 28.8 Å². The number of rotatable bonds is 5. The molecule has 3 aromatic rings. The van der Waals surface area contributed by atoms with Crippen LogP contribution >= 0.6 is 0 Å². The maximum Gasteiger partial charge on any atom is 0.361 e. The van der Waals surface area contributed by atoms with Gasteiger partial charge < -0.3 is 14.6 Å². The Bertz CT molecular complexity index is 832. The number of esters is 1. The molecule has 0 saturated heterocycles. The van der Waals surface area contributed by atoms with Crippen LogP contribution in [0.2, 0.25) is 0 Å². The molecule has 0 amide bonds. The Morgan fingerprint density at radius 2 is 2.26 bits per heavy atom. The number of nitrogens with one attached hydrogen (secondary N) is 1. The number of anilines is 1. The predicted molar refractivity (Wildman–Crippen MR) is 81.9 cm³/mol. The van der Waals surface area contributed by atoms with Gasteiger partial charge in [-0.2, -0.15) is 4.98 Å². The molecule has 1 N–H and O–H groups in total. The fourth-order valence-corrected chi connectivity index (χ4v) is 2.12. The lowest BCUT2D eigenvalue weighted by Gasteiger charge is -2.07. The highest BCUT2D eigenvalue weighted by molar-refractivity contribution is 6.04. The maximum absolute atomic E-state index is 12.0. The zero-order valence-electron chi connectivity index (χ0n) is 12.7. The quantitative estimate of drug-likeness (QED) is 0.714. The number of hydrogen-bond donors (Lipinski definition) is 1. The van der Waals surface area contributed by atoms with Crippen molar-refractivity contribution in [2.75, 3.05) is 11.9 Å². The first-order valence-electron chi connectivity index (χ1n) is 7.13. The molecule has 0 aliphatic rings. The Balaban J connectivity index is 1.97. The van der Waals surface area contributed by atoms with Crippen molar-refractivity contribution in [3.63, 3.8) is 0 Å². The van der Waals surface area contributed by atoms with Gasteiger partial charge in [0.1, 0.15) is 17.0 Å². The highest BCUT2D eigenvalue weighted by atomic mass is 16.5. The largest absolute Gasteiger partial charge is 0.461 e. The summed E-state index contributed by atoms with van der Waals surface area (Å²) in [6, 6.07) is 3.78. The van der Waals surface area contributed by atoms with Gasteiger partial charge in [-0.15, -0.1) is 0 Å². The summed E-state index contributed by atoms with van der Waals surface area (Å²) in [5.41, 5.74) is 1.29. The molecule has 3 aromatic heterocycles. The van der Waals surface area contributed by atoms with Crippen molar-refractivity contribution in [1.82, 2.24) is 20.1 Å². The van der Waals surface area contributed by atoms with Gasteiger partial charge in [-0.3, -0.25) is 4.98 Å². The van der Waals surface area contributed by atoms with Crippen molar-refractivity contribution in [2.45, 2.75) is 20.4 Å². The summed E-state index contributed by atoms with van der Waals surface area (Å²) in [5, 5.41) is 7.35. The van der Waals surface area contributed by atoms with Crippen molar-refractivity contribution in [3.8, 4) is 0 Å². The summed E-state index contributed by atoms with van der Waals surface area (Å²) in [4.78, 5) is 24.5. The zero-order valence-corrected chi connectivity index (χ0v) is 12.7. The first-order valence-corrected chi connectivity index (χ1v) is 7.13. The molecule has 3 rings (SSSR count). The molecule has 118 valence electrons. The Morgan fingerprint density at radius 3 is 3.00 bits per heavy atom. The van der Waals surface area contributed by atoms with E-state index in [1.807, 2.05) is 12.1 Å². The standard InChI is InChI=1S/C15H15N5O3/c1-3-22-15(21)12-11-13(17-8-10-5-4-6-16-7-10)18-9(2)19-14(11)23-20-12/h4-7H,3,8H2,1-2H3,(H,17,18,19). The molecule has 0 aliphatic carbocycles. The molecule has 0 atom stereocenters. The van der Waals surface area contributed by atoms with E-state index >= 15 is 0 Å². The summed E-state index contributed by atoms with van der Waals surface area (Å²) in [6.45, 7) is 4.20. The molecular weight excluding hydrogens is 298 g/mol. The van der Waals surface area contributed by atoms with Crippen LogP contribution < -0.4 is 5.32 Å². The van der Waals surface area contributed by atoms with Crippen molar-refractivity contribution < 1.29 is 14.1 Å². The molecule has 8 nitrogen and oxygen atoms in total. The number of aromatic nitrogens is 4. The van der Waals surface area contributed by atoms with Crippen LogP contribution in [0.4, 0.5) is 5.82 Å². The fraction of sp³-hybridized carbons (Fsp3) is 0.267. The molecule has 0 aliphatic heterocycles. The van der Waals surface area contributed by atoms with Crippen molar-refractivity contribution in [1.29, 1.82) is 0 Å². The van der Waals surface area contributed by atoms with E-state index in [1.54, 1.807) is 26.2 Å². The molecule has 0 spiro atoms. The average Bonchev–Trinajstić information content (AvgIpc) is 2.97. The number of carbonyl (C=O) groups excluding carboxylic acids is 1. The Kier molecular flexibility index (Phi) is 4.13. The van der Waals surface area contributed by atoms with E-state index in [1.165, 1.54) is 0 Å². The summed E-state index contributed by atoms with van der Waals surface area (Å²) in [6.07, 6.45) is 3.45. The molecule has 0 radical (unpaired) electrons. The maximum atomic E-state index is 12.0. The van der Waals surface area contributed by atoms with Crippen molar-refractivity contribution in [2.24, 2.45) is 0 Å². The molecule has 0 fully saturated rings. The van der Waals surface area contributed by atoms with Crippen LogP contribution in [0.15, 0.2) is 29.0 Å². The number of fused-ring (bicyclic) bond motifs is 1. The molecule has 8 heteroatoms. The number of ether oxygens (including phenoxy) is 1. The average molecular weight is 313 g/mol. The topological polar surface area (TPSA) is 103 Å². The third-order valence-electron chi connectivity index (χ3n) is 3.10. The van der Waals surface area contributed by atoms with Crippen molar-refractivity contribution in [3.05, 3.63) is 41.6 Å². The fourth-order valence-electron chi connectivity index (χ4n) is 2.12. The minimum Gasteiger partial charge on any atom is -0.461 e. The molecular formula is C15H15N5O3. The van der Waals surface area contributed by atoms with Crippen LogP contribution in [0.25, 0.3) is 11.1 Å².